The molecular formula is C18H24N2O4. The molecule has 0 bridgehead atoms. The summed E-state index contributed by atoms with van der Waals surface area (Å²) in [5.41, 5.74) is 0.863. The van der Waals surface area contributed by atoms with E-state index < -0.39 is 5.97 Å². The lowest BCUT2D eigenvalue weighted by molar-refractivity contribution is -0.140. The van der Waals surface area contributed by atoms with E-state index in [1.54, 1.807) is 24.3 Å². The summed E-state index contributed by atoms with van der Waals surface area (Å²) in [5.74, 6) is 0.0363. The van der Waals surface area contributed by atoms with Gasteiger partial charge in [0.1, 0.15) is 5.75 Å². The van der Waals surface area contributed by atoms with Crippen molar-refractivity contribution in [2.45, 2.75) is 44.2 Å². The molecule has 2 aliphatic carbocycles. The Labute approximate surface area is 141 Å². The van der Waals surface area contributed by atoms with Gasteiger partial charge in [-0.3, -0.25) is 14.5 Å². The molecule has 6 nitrogen and oxygen atoms in total. The van der Waals surface area contributed by atoms with Crippen LogP contribution in [0.15, 0.2) is 24.3 Å². The van der Waals surface area contributed by atoms with Crippen LogP contribution in [0.2, 0.25) is 0 Å². The fraction of sp³-hybridized carbons (Fsp3) is 0.556. The molecule has 0 atom stereocenters. The molecule has 0 unspecified atom stereocenters. The molecule has 6 heteroatoms. The fourth-order valence-corrected chi connectivity index (χ4v) is 3.23. The van der Waals surface area contributed by atoms with Gasteiger partial charge in [0.15, 0.2) is 0 Å². The highest BCUT2D eigenvalue weighted by molar-refractivity contribution is 5.79. The molecular weight excluding hydrogens is 308 g/mol. The number of carbonyl (C=O) groups excluding carboxylic acids is 1. The number of hydrogen-bond acceptors (Lipinski definition) is 4. The average molecular weight is 332 g/mol. The topological polar surface area (TPSA) is 89.9 Å². The quantitative estimate of drug-likeness (QED) is 0.669. The van der Waals surface area contributed by atoms with Gasteiger partial charge in [-0.15, -0.1) is 0 Å². The first-order valence-corrected chi connectivity index (χ1v) is 8.52. The second kappa shape index (κ2) is 7.21. The maximum Gasteiger partial charge on any atom is 0.317 e. The normalized spacial score (nSPS) is 22.9. The van der Waals surface area contributed by atoms with Gasteiger partial charge in [-0.05, 0) is 49.3 Å². The predicted molar refractivity (Wildman–Crippen MR) is 88.7 cm³/mol. The van der Waals surface area contributed by atoms with Crippen molar-refractivity contribution in [1.29, 1.82) is 0 Å². The van der Waals surface area contributed by atoms with Crippen LogP contribution in [-0.4, -0.2) is 52.2 Å². The highest BCUT2D eigenvalue weighted by Gasteiger charge is 2.37. The van der Waals surface area contributed by atoms with E-state index >= 15 is 0 Å². The molecule has 0 aliphatic heterocycles. The molecule has 130 valence electrons. The third-order valence-electron chi connectivity index (χ3n) is 4.82. The Morgan fingerprint density at radius 2 is 1.83 bits per heavy atom. The lowest BCUT2D eigenvalue weighted by atomic mass is 9.85. The second-order valence-electron chi connectivity index (χ2n) is 7.00. The van der Waals surface area contributed by atoms with Gasteiger partial charge in [0.05, 0.1) is 13.0 Å². The number of aromatic hydroxyl groups is 1. The Balaban J connectivity index is 1.42. The zero-order valence-corrected chi connectivity index (χ0v) is 13.6. The lowest BCUT2D eigenvalue weighted by Gasteiger charge is -2.42. The predicted octanol–water partition coefficient (Wildman–Crippen LogP) is 1.38. The smallest absolute Gasteiger partial charge is 0.317 e. The number of nitrogens with zero attached hydrogens (tertiary/aromatic N) is 1. The van der Waals surface area contributed by atoms with Crippen molar-refractivity contribution in [2.24, 2.45) is 5.92 Å². The number of phenolic OH excluding ortho intramolecular Hbond substituents is 1. The van der Waals surface area contributed by atoms with Gasteiger partial charge in [-0.1, -0.05) is 12.1 Å². The van der Waals surface area contributed by atoms with Crippen LogP contribution in [0.3, 0.4) is 0 Å². The van der Waals surface area contributed by atoms with E-state index in [-0.39, 0.29) is 30.3 Å². The number of amides is 1. The van der Waals surface area contributed by atoms with Crippen molar-refractivity contribution in [3.63, 3.8) is 0 Å². The molecule has 0 heterocycles. The van der Waals surface area contributed by atoms with Crippen LogP contribution in [0.1, 0.15) is 31.2 Å². The number of benzene rings is 1. The minimum Gasteiger partial charge on any atom is -0.508 e. The monoisotopic (exact) mass is 332 g/mol. The summed E-state index contributed by atoms with van der Waals surface area (Å²) in [7, 11) is 0. The molecule has 2 aliphatic rings. The van der Waals surface area contributed by atoms with Crippen molar-refractivity contribution in [3.8, 4) is 5.75 Å². The Morgan fingerprint density at radius 3 is 2.42 bits per heavy atom. The van der Waals surface area contributed by atoms with Crippen molar-refractivity contribution in [2.75, 3.05) is 13.1 Å². The van der Waals surface area contributed by atoms with Gasteiger partial charge >= 0.3 is 5.97 Å². The van der Waals surface area contributed by atoms with Gasteiger partial charge in [-0.2, -0.15) is 0 Å². The van der Waals surface area contributed by atoms with Crippen LogP contribution in [0.5, 0.6) is 5.75 Å². The highest BCUT2D eigenvalue weighted by Crippen LogP contribution is 2.33. The minimum atomic E-state index is -0.782. The maximum absolute atomic E-state index is 12.1. The summed E-state index contributed by atoms with van der Waals surface area (Å²) < 4.78 is 0. The summed E-state index contributed by atoms with van der Waals surface area (Å²) in [5, 5.41) is 21.3. The molecule has 0 aromatic heterocycles. The van der Waals surface area contributed by atoms with Gasteiger partial charge in [0, 0.05) is 18.6 Å². The van der Waals surface area contributed by atoms with Crippen molar-refractivity contribution < 1.29 is 19.8 Å². The Kier molecular flexibility index (Phi) is 5.04. The summed E-state index contributed by atoms with van der Waals surface area (Å²) in [6.07, 6.45) is 4.34. The van der Waals surface area contributed by atoms with Crippen LogP contribution < -0.4 is 5.32 Å². The van der Waals surface area contributed by atoms with Crippen LogP contribution in [0, 0.1) is 5.92 Å². The third-order valence-corrected chi connectivity index (χ3v) is 4.82. The van der Waals surface area contributed by atoms with Gasteiger partial charge in [0.2, 0.25) is 5.91 Å². The van der Waals surface area contributed by atoms with Gasteiger partial charge in [-0.25, -0.2) is 0 Å². The number of carboxylic acid groups (broad SMARTS) is 1. The molecule has 0 radical (unpaired) electrons. The highest BCUT2D eigenvalue weighted by atomic mass is 16.4. The molecule has 0 spiro atoms. The van der Waals surface area contributed by atoms with Crippen LogP contribution >= 0.6 is 0 Å². The number of hydrogen-bond donors (Lipinski definition) is 3. The van der Waals surface area contributed by atoms with Crippen LogP contribution in [-0.2, 0) is 16.0 Å². The maximum atomic E-state index is 12.1. The molecule has 1 aromatic rings. The summed E-state index contributed by atoms with van der Waals surface area (Å²) in [4.78, 5) is 25.1. The molecule has 1 aromatic carbocycles. The van der Waals surface area contributed by atoms with Crippen LogP contribution in [0.25, 0.3) is 0 Å². The van der Waals surface area contributed by atoms with Gasteiger partial charge < -0.3 is 15.5 Å². The fourth-order valence-electron chi connectivity index (χ4n) is 3.23. The van der Waals surface area contributed by atoms with Gasteiger partial charge in [0.25, 0.3) is 0 Å². The first-order chi connectivity index (χ1) is 11.5. The summed E-state index contributed by atoms with van der Waals surface area (Å²) in [6.45, 7) is 0.959. The van der Waals surface area contributed by atoms with Crippen molar-refractivity contribution in [1.82, 2.24) is 10.2 Å². The molecule has 0 saturated heterocycles. The zero-order chi connectivity index (χ0) is 17.1. The third kappa shape index (κ3) is 4.71. The minimum absolute atomic E-state index is 0.0314. The van der Waals surface area contributed by atoms with E-state index in [9.17, 15) is 14.7 Å². The number of aliphatic carboxylic acids is 1. The van der Waals surface area contributed by atoms with E-state index in [1.165, 1.54) is 12.8 Å². The number of phenols is 1. The Bertz CT molecular complexity index is 592. The van der Waals surface area contributed by atoms with E-state index in [0.717, 1.165) is 24.9 Å². The number of nitrogens with one attached hydrogen (secondary N) is 1. The van der Waals surface area contributed by atoms with Crippen molar-refractivity contribution >= 4 is 11.9 Å². The zero-order valence-electron chi connectivity index (χ0n) is 13.6. The van der Waals surface area contributed by atoms with E-state index in [0.29, 0.717) is 12.3 Å². The van der Waals surface area contributed by atoms with E-state index in [2.05, 4.69) is 10.2 Å². The first-order valence-electron chi connectivity index (χ1n) is 8.52. The summed E-state index contributed by atoms with van der Waals surface area (Å²) >= 11 is 0. The summed E-state index contributed by atoms with van der Waals surface area (Å²) in [6, 6.07) is 7.02. The van der Waals surface area contributed by atoms with Crippen molar-refractivity contribution in [3.05, 3.63) is 29.8 Å². The SMILES string of the molecule is O=C(O)CN(CC1CC1)C1CC(NC(=O)Cc2ccc(O)cc2)C1. The molecule has 1 amide bonds. The molecule has 2 saturated carbocycles. The molecule has 24 heavy (non-hydrogen) atoms. The average Bonchev–Trinajstić information content (AvgIpc) is 3.28. The Morgan fingerprint density at radius 1 is 1.17 bits per heavy atom. The largest absolute Gasteiger partial charge is 0.508 e. The number of rotatable bonds is 8. The molecule has 3 N–H and O–H groups in total. The van der Waals surface area contributed by atoms with E-state index in [4.69, 9.17) is 5.11 Å². The van der Waals surface area contributed by atoms with E-state index in [1.807, 2.05) is 0 Å². The number of carbonyl (C=O) groups is 2. The second-order valence-corrected chi connectivity index (χ2v) is 7.00. The van der Waals surface area contributed by atoms with Crippen LogP contribution in [0.4, 0.5) is 0 Å². The standard InChI is InChI=1S/C18H24N2O4/c21-16-5-3-12(4-6-16)7-17(22)19-14-8-15(9-14)20(11-18(23)24)10-13-1-2-13/h3-6,13-15,21H,1-2,7-11H2,(H,19,22)(H,23,24). The molecule has 3 rings (SSSR count). The first kappa shape index (κ1) is 16.8. The Hall–Kier alpha value is -2.08. The molecule has 2 fully saturated rings. The number of carboxylic acids is 1. The lowest BCUT2D eigenvalue weighted by Crippen LogP contribution is -2.55.